The van der Waals surface area contributed by atoms with Crippen LogP contribution in [-0.2, 0) is 9.53 Å². The summed E-state index contributed by atoms with van der Waals surface area (Å²) in [7, 11) is 0. The van der Waals surface area contributed by atoms with Crippen molar-refractivity contribution in [1.29, 1.82) is 0 Å². The molecular weight excluding hydrogens is 402 g/mol. The van der Waals surface area contributed by atoms with Gasteiger partial charge in [0.05, 0.1) is 6.10 Å². The zero-order chi connectivity index (χ0) is 22.5. The molecule has 2 aromatic rings. The van der Waals surface area contributed by atoms with Crippen molar-refractivity contribution < 1.29 is 14.3 Å². The number of rotatable bonds is 5. The Labute approximate surface area is 190 Å². The first-order chi connectivity index (χ1) is 15.3. The monoisotopic (exact) mass is 435 g/mol. The Morgan fingerprint density at radius 3 is 2.75 bits per heavy atom. The van der Waals surface area contributed by atoms with Gasteiger partial charge in [0.2, 0.25) is 5.91 Å². The molecule has 6 heteroatoms. The van der Waals surface area contributed by atoms with E-state index in [0.717, 1.165) is 18.4 Å². The lowest BCUT2D eigenvalue weighted by Gasteiger charge is -2.53. The molecule has 1 unspecified atom stereocenters. The van der Waals surface area contributed by atoms with Gasteiger partial charge in [-0.1, -0.05) is 39.8 Å². The molecule has 2 aliphatic carbocycles. The minimum atomic E-state index is -0.00977. The quantitative estimate of drug-likeness (QED) is 0.721. The molecule has 2 bridgehead atoms. The topological polar surface area (TPSA) is 73.3 Å². The molecule has 1 aromatic carbocycles. The lowest BCUT2D eigenvalue weighted by Crippen LogP contribution is -2.59. The number of hydrogen-bond donors (Lipinski definition) is 1. The molecule has 3 aliphatic rings. The summed E-state index contributed by atoms with van der Waals surface area (Å²) in [5.41, 5.74) is 1.31. The third-order valence-electron chi connectivity index (χ3n) is 8.25. The van der Waals surface area contributed by atoms with E-state index < -0.39 is 0 Å². The van der Waals surface area contributed by atoms with Gasteiger partial charge in [-0.05, 0) is 65.7 Å². The Bertz CT molecular complexity index is 993. The highest BCUT2D eigenvalue weighted by Crippen LogP contribution is 2.70. The standard InChI is InChI=1S/C26H33N3O3/c1-16(2)22(30)29-23-25(3,4)18-14-20-21(31-12-9-26(20,23)15-18)17-7-5-8-19(13-17)32-24-27-10-6-11-28-24/h5-8,10-11,13,16,18,20-21,23H,9,12,14-15H2,1-4H3,(H,29,30)/t18-,20-,21-,23+,26?/m1/s1. The van der Waals surface area contributed by atoms with Gasteiger partial charge in [0.1, 0.15) is 5.75 Å². The number of nitrogens with one attached hydrogen (secondary N) is 1. The van der Waals surface area contributed by atoms with E-state index in [1.807, 2.05) is 26.0 Å². The molecule has 32 heavy (non-hydrogen) atoms. The molecule has 1 aliphatic heterocycles. The van der Waals surface area contributed by atoms with Crippen LogP contribution in [-0.4, -0.2) is 28.5 Å². The van der Waals surface area contributed by atoms with Crippen molar-refractivity contribution in [3.8, 4) is 11.8 Å². The van der Waals surface area contributed by atoms with Crippen molar-refractivity contribution in [2.24, 2.45) is 28.6 Å². The number of carbonyl (C=O) groups excluding carboxylic acids is 1. The molecule has 2 heterocycles. The van der Waals surface area contributed by atoms with E-state index in [-0.39, 0.29) is 34.8 Å². The Balaban J connectivity index is 1.43. The third-order valence-corrected chi connectivity index (χ3v) is 8.25. The smallest absolute Gasteiger partial charge is 0.321 e. The van der Waals surface area contributed by atoms with E-state index in [9.17, 15) is 4.79 Å². The fourth-order valence-electron chi connectivity index (χ4n) is 6.62. The first-order valence-electron chi connectivity index (χ1n) is 11.8. The van der Waals surface area contributed by atoms with Crippen molar-refractivity contribution in [1.82, 2.24) is 15.3 Å². The summed E-state index contributed by atoms with van der Waals surface area (Å²) in [6, 6.07) is 10.4. The molecule has 3 fully saturated rings. The second-order valence-corrected chi connectivity index (χ2v) is 10.6. The average molecular weight is 436 g/mol. The fraction of sp³-hybridized carbons (Fsp3) is 0.577. The Morgan fingerprint density at radius 1 is 1.22 bits per heavy atom. The van der Waals surface area contributed by atoms with E-state index in [2.05, 4.69) is 41.3 Å². The highest BCUT2D eigenvalue weighted by molar-refractivity contribution is 5.78. The molecule has 1 amide bonds. The summed E-state index contributed by atoms with van der Waals surface area (Å²) in [6.07, 6.45) is 6.65. The number of amides is 1. The number of aromatic nitrogens is 2. The van der Waals surface area contributed by atoms with Gasteiger partial charge in [-0.3, -0.25) is 4.79 Å². The van der Waals surface area contributed by atoms with Crippen molar-refractivity contribution >= 4 is 5.91 Å². The molecule has 0 radical (unpaired) electrons. The first-order valence-corrected chi connectivity index (χ1v) is 11.8. The van der Waals surface area contributed by atoms with Crippen LogP contribution >= 0.6 is 0 Å². The summed E-state index contributed by atoms with van der Waals surface area (Å²) in [6.45, 7) is 9.34. The van der Waals surface area contributed by atoms with Gasteiger partial charge >= 0.3 is 6.01 Å². The summed E-state index contributed by atoms with van der Waals surface area (Å²) < 4.78 is 12.3. The molecular formula is C26H33N3O3. The number of nitrogens with zero attached hydrogens (tertiary/aromatic N) is 2. The molecule has 1 N–H and O–H groups in total. The predicted molar refractivity (Wildman–Crippen MR) is 121 cm³/mol. The van der Waals surface area contributed by atoms with E-state index in [1.165, 1.54) is 6.42 Å². The number of fused-ring (bicyclic) bond motifs is 1. The molecule has 1 aromatic heterocycles. The maximum Gasteiger partial charge on any atom is 0.321 e. The Morgan fingerprint density at radius 2 is 2.00 bits per heavy atom. The first kappa shape index (κ1) is 21.4. The fourth-order valence-corrected chi connectivity index (χ4v) is 6.62. The Hall–Kier alpha value is -2.47. The maximum atomic E-state index is 12.7. The van der Waals surface area contributed by atoms with Gasteiger partial charge in [-0.25, -0.2) is 9.97 Å². The molecule has 6 nitrogen and oxygen atoms in total. The summed E-state index contributed by atoms with van der Waals surface area (Å²) >= 11 is 0. The van der Waals surface area contributed by atoms with E-state index in [0.29, 0.717) is 30.2 Å². The second-order valence-electron chi connectivity index (χ2n) is 10.6. The van der Waals surface area contributed by atoms with Crippen LogP contribution in [0.15, 0.2) is 42.7 Å². The molecule has 1 saturated heterocycles. The molecule has 5 rings (SSSR count). The summed E-state index contributed by atoms with van der Waals surface area (Å²) in [4.78, 5) is 21.1. The van der Waals surface area contributed by atoms with Crippen LogP contribution in [0.1, 0.15) is 58.6 Å². The van der Waals surface area contributed by atoms with Gasteiger partial charge < -0.3 is 14.8 Å². The normalized spacial score (nSPS) is 32.5. The van der Waals surface area contributed by atoms with Crippen molar-refractivity contribution in [3.63, 3.8) is 0 Å². The van der Waals surface area contributed by atoms with Crippen molar-refractivity contribution in [2.45, 2.75) is 59.1 Å². The molecule has 170 valence electrons. The average Bonchev–Trinajstić information content (AvgIpc) is 3.27. The van der Waals surface area contributed by atoms with Crippen molar-refractivity contribution in [2.75, 3.05) is 6.61 Å². The van der Waals surface area contributed by atoms with Crippen LogP contribution < -0.4 is 10.1 Å². The van der Waals surface area contributed by atoms with Crippen LogP contribution in [0.25, 0.3) is 0 Å². The van der Waals surface area contributed by atoms with Gasteiger partial charge in [0.25, 0.3) is 0 Å². The number of hydrogen-bond acceptors (Lipinski definition) is 5. The second kappa shape index (κ2) is 7.84. The predicted octanol–water partition coefficient (Wildman–Crippen LogP) is 4.92. The summed E-state index contributed by atoms with van der Waals surface area (Å²) in [5, 5.41) is 3.47. The molecule has 5 atom stereocenters. The van der Waals surface area contributed by atoms with Crippen LogP contribution in [0.5, 0.6) is 11.8 Å². The third kappa shape index (κ3) is 3.40. The highest BCUT2D eigenvalue weighted by atomic mass is 16.5. The van der Waals surface area contributed by atoms with Gasteiger partial charge in [-0.2, -0.15) is 0 Å². The van der Waals surface area contributed by atoms with Gasteiger partial charge in [0.15, 0.2) is 0 Å². The van der Waals surface area contributed by atoms with E-state index in [4.69, 9.17) is 9.47 Å². The van der Waals surface area contributed by atoms with Gasteiger partial charge in [0, 0.05) is 31.0 Å². The minimum Gasteiger partial charge on any atom is -0.424 e. The zero-order valence-corrected chi connectivity index (χ0v) is 19.4. The zero-order valence-electron chi connectivity index (χ0n) is 19.4. The Kier molecular flexibility index (Phi) is 5.24. The molecule has 2 saturated carbocycles. The number of ether oxygens (including phenoxy) is 2. The number of benzene rings is 1. The van der Waals surface area contributed by atoms with Gasteiger partial charge in [-0.15, -0.1) is 0 Å². The van der Waals surface area contributed by atoms with Crippen LogP contribution in [0.2, 0.25) is 0 Å². The lowest BCUT2D eigenvalue weighted by atomic mass is 9.58. The van der Waals surface area contributed by atoms with E-state index in [1.54, 1.807) is 18.5 Å². The van der Waals surface area contributed by atoms with Crippen LogP contribution in [0, 0.1) is 28.6 Å². The van der Waals surface area contributed by atoms with Crippen molar-refractivity contribution in [3.05, 3.63) is 48.3 Å². The number of carbonyl (C=O) groups is 1. The largest absolute Gasteiger partial charge is 0.424 e. The highest BCUT2D eigenvalue weighted by Gasteiger charge is 2.68. The summed E-state index contributed by atoms with van der Waals surface area (Å²) in [5.74, 6) is 1.83. The van der Waals surface area contributed by atoms with E-state index >= 15 is 0 Å². The molecule has 1 spiro atoms. The SMILES string of the molecule is CC(C)C(=O)N[C@H]1C(C)(C)[C@@H]2C[C@@H]3[C@@H](c4cccc(Oc5ncccn5)c4)OCCC31C2. The minimum absolute atomic E-state index is 0.00328. The van der Waals surface area contributed by atoms with Crippen LogP contribution in [0.3, 0.4) is 0 Å². The van der Waals surface area contributed by atoms with Crippen LogP contribution in [0.4, 0.5) is 0 Å². The lowest BCUT2D eigenvalue weighted by molar-refractivity contribution is -0.139. The maximum absolute atomic E-state index is 12.7.